The fraction of sp³-hybridized carbons (Fsp3) is 0.409. The molecule has 2 fully saturated rings. The number of fused-ring (bicyclic) bond motifs is 3. The van der Waals surface area contributed by atoms with E-state index in [-0.39, 0.29) is 36.2 Å². The van der Waals surface area contributed by atoms with Crippen molar-refractivity contribution in [3.8, 4) is 0 Å². The van der Waals surface area contributed by atoms with Gasteiger partial charge in [0.1, 0.15) is 5.78 Å². The Kier molecular flexibility index (Phi) is 4.92. The number of amides is 1. The van der Waals surface area contributed by atoms with Gasteiger partial charge in [-0.15, -0.1) is 0 Å². The Morgan fingerprint density at radius 3 is 2.44 bits per heavy atom. The molecule has 0 radical (unpaired) electrons. The number of carbonyl (C=O) groups is 3. The van der Waals surface area contributed by atoms with Gasteiger partial charge in [0.05, 0.1) is 5.92 Å². The summed E-state index contributed by atoms with van der Waals surface area (Å²) in [6.07, 6.45) is 3.96. The summed E-state index contributed by atoms with van der Waals surface area (Å²) >= 11 is 0. The first-order valence-electron chi connectivity index (χ1n) is 9.59. The van der Waals surface area contributed by atoms with E-state index in [1.807, 2.05) is 42.5 Å². The zero-order valence-electron chi connectivity index (χ0n) is 15.1. The number of rotatable bonds is 4. The van der Waals surface area contributed by atoms with Gasteiger partial charge in [0.25, 0.3) is 5.91 Å². The molecule has 0 saturated heterocycles. The Balaban J connectivity index is 1.30. The first kappa shape index (κ1) is 17.7. The minimum Gasteiger partial charge on any atom is -0.455 e. The molecular weight excluding hydrogens is 342 g/mol. The third-order valence-corrected chi connectivity index (χ3v) is 5.76. The smallest absolute Gasteiger partial charge is 0.309 e. The number of hydrogen-bond acceptors (Lipinski definition) is 4. The van der Waals surface area contributed by atoms with Gasteiger partial charge < -0.3 is 10.1 Å². The van der Waals surface area contributed by atoms with E-state index in [1.54, 1.807) is 0 Å². The van der Waals surface area contributed by atoms with Crippen LogP contribution in [0.1, 0.15) is 32.1 Å². The molecule has 140 valence electrons. The third-order valence-electron chi connectivity index (χ3n) is 5.76. The van der Waals surface area contributed by atoms with E-state index in [1.165, 1.54) is 0 Å². The number of carbonyl (C=O) groups excluding carboxylic acids is 3. The first-order valence-corrected chi connectivity index (χ1v) is 9.59. The molecule has 2 aliphatic rings. The van der Waals surface area contributed by atoms with Crippen LogP contribution in [0.3, 0.4) is 0 Å². The van der Waals surface area contributed by atoms with Gasteiger partial charge in [-0.2, -0.15) is 0 Å². The fourth-order valence-corrected chi connectivity index (χ4v) is 4.39. The number of ether oxygens (including phenoxy) is 1. The van der Waals surface area contributed by atoms with Crippen molar-refractivity contribution in [2.45, 2.75) is 32.1 Å². The number of Topliss-reactive ketones (excluding diaryl/α,β-unsaturated/α-hetero) is 1. The molecule has 3 atom stereocenters. The van der Waals surface area contributed by atoms with Gasteiger partial charge in [-0.25, -0.2) is 0 Å². The minimum atomic E-state index is -0.356. The highest BCUT2D eigenvalue weighted by atomic mass is 16.5. The summed E-state index contributed by atoms with van der Waals surface area (Å²) in [5.41, 5.74) is 0.674. The lowest BCUT2D eigenvalue weighted by molar-refractivity contribution is -0.155. The van der Waals surface area contributed by atoms with Crippen molar-refractivity contribution >= 4 is 34.1 Å². The van der Waals surface area contributed by atoms with Gasteiger partial charge in [-0.05, 0) is 48.6 Å². The van der Waals surface area contributed by atoms with Crippen molar-refractivity contribution in [3.05, 3.63) is 42.5 Å². The Morgan fingerprint density at radius 1 is 1.00 bits per heavy atom. The predicted octanol–water partition coefficient (Wildman–Crippen LogP) is 3.72. The molecule has 2 bridgehead atoms. The number of esters is 1. The Labute approximate surface area is 158 Å². The van der Waals surface area contributed by atoms with E-state index in [9.17, 15) is 14.4 Å². The molecule has 2 aromatic rings. The largest absolute Gasteiger partial charge is 0.455 e. The summed E-state index contributed by atoms with van der Waals surface area (Å²) in [5, 5.41) is 4.90. The van der Waals surface area contributed by atoms with Gasteiger partial charge in [-0.3, -0.25) is 14.4 Å². The van der Waals surface area contributed by atoms with E-state index in [0.29, 0.717) is 24.3 Å². The number of anilines is 1. The number of hydrogen-bond donors (Lipinski definition) is 1. The van der Waals surface area contributed by atoms with Crippen molar-refractivity contribution in [1.82, 2.24) is 0 Å². The van der Waals surface area contributed by atoms with Crippen LogP contribution in [0.5, 0.6) is 0 Å². The lowest BCUT2D eigenvalue weighted by atomic mass is 9.67. The molecule has 0 spiro atoms. The second kappa shape index (κ2) is 7.51. The lowest BCUT2D eigenvalue weighted by Gasteiger charge is -2.36. The van der Waals surface area contributed by atoms with Crippen LogP contribution in [0.25, 0.3) is 10.8 Å². The highest BCUT2D eigenvalue weighted by Crippen LogP contribution is 2.40. The van der Waals surface area contributed by atoms with Gasteiger partial charge in [0, 0.05) is 17.5 Å². The van der Waals surface area contributed by atoms with E-state index in [0.717, 1.165) is 30.0 Å². The predicted molar refractivity (Wildman–Crippen MR) is 102 cm³/mol. The molecule has 0 aliphatic heterocycles. The molecule has 5 heteroatoms. The second-order valence-electron chi connectivity index (χ2n) is 7.61. The molecule has 0 heterocycles. The maximum atomic E-state index is 12.4. The van der Waals surface area contributed by atoms with Crippen molar-refractivity contribution < 1.29 is 19.1 Å². The molecule has 5 nitrogen and oxygen atoms in total. The highest BCUT2D eigenvalue weighted by Gasteiger charge is 2.41. The molecule has 1 unspecified atom stereocenters. The molecular formula is C22H23NO4. The van der Waals surface area contributed by atoms with Crippen LogP contribution in [-0.4, -0.2) is 24.3 Å². The Bertz CT molecular complexity index is 875. The first-order chi connectivity index (χ1) is 13.1. The molecule has 2 aliphatic carbocycles. The molecule has 27 heavy (non-hydrogen) atoms. The van der Waals surface area contributed by atoms with Gasteiger partial charge in [-0.1, -0.05) is 36.8 Å². The summed E-state index contributed by atoms with van der Waals surface area (Å²) in [5.74, 6) is -0.646. The summed E-state index contributed by atoms with van der Waals surface area (Å²) in [7, 11) is 0. The summed E-state index contributed by atoms with van der Waals surface area (Å²) in [6.45, 7) is -0.300. The average molecular weight is 365 g/mol. The number of benzene rings is 2. The van der Waals surface area contributed by atoms with Crippen LogP contribution in [0.4, 0.5) is 5.69 Å². The SMILES string of the molecule is O=C(COC(=O)C1C[C@H]2CCC[C@@H](C1)C2=O)Nc1ccc2ccccc2c1. The molecule has 1 N–H and O–H groups in total. The third kappa shape index (κ3) is 3.87. The van der Waals surface area contributed by atoms with Crippen LogP contribution in [-0.2, 0) is 19.1 Å². The maximum absolute atomic E-state index is 12.4. The highest BCUT2D eigenvalue weighted by molar-refractivity contribution is 5.96. The van der Waals surface area contributed by atoms with Crippen molar-refractivity contribution in [2.24, 2.45) is 17.8 Å². The molecule has 1 amide bonds. The zero-order chi connectivity index (χ0) is 18.8. The lowest BCUT2D eigenvalue weighted by Crippen LogP contribution is -2.40. The average Bonchev–Trinajstić information content (AvgIpc) is 2.66. The quantitative estimate of drug-likeness (QED) is 0.838. The topological polar surface area (TPSA) is 72.5 Å². The summed E-state index contributed by atoms with van der Waals surface area (Å²) < 4.78 is 5.24. The van der Waals surface area contributed by atoms with Crippen LogP contribution >= 0.6 is 0 Å². The van der Waals surface area contributed by atoms with Crippen molar-refractivity contribution in [1.29, 1.82) is 0 Å². The monoisotopic (exact) mass is 365 g/mol. The van der Waals surface area contributed by atoms with Crippen LogP contribution in [0.2, 0.25) is 0 Å². The molecule has 0 aromatic heterocycles. The van der Waals surface area contributed by atoms with Gasteiger partial charge in [0.15, 0.2) is 6.61 Å². The minimum absolute atomic E-state index is 0.00137. The normalized spacial score (nSPS) is 24.4. The van der Waals surface area contributed by atoms with Gasteiger partial charge in [0.2, 0.25) is 0 Å². The van der Waals surface area contributed by atoms with E-state index >= 15 is 0 Å². The molecule has 4 rings (SSSR count). The van der Waals surface area contributed by atoms with E-state index in [4.69, 9.17) is 4.74 Å². The molecule has 2 saturated carbocycles. The van der Waals surface area contributed by atoms with E-state index in [2.05, 4.69) is 5.32 Å². The summed E-state index contributed by atoms with van der Waals surface area (Å²) in [6, 6.07) is 13.6. The van der Waals surface area contributed by atoms with Crippen molar-refractivity contribution in [2.75, 3.05) is 11.9 Å². The van der Waals surface area contributed by atoms with Crippen LogP contribution in [0, 0.1) is 17.8 Å². The van der Waals surface area contributed by atoms with E-state index < -0.39 is 0 Å². The standard InChI is InChI=1S/C22H23NO4/c24-20(23-19-9-8-14-4-1-2-5-15(14)12-19)13-27-22(26)18-10-16-6-3-7-17(11-18)21(16)25/h1-2,4-5,8-9,12,16-18H,3,6-7,10-11,13H2,(H,23,24)/t16-,17+,18?. The zero-order valence-corrected chi connectivity index (χ0v) is 15.1. The number of ketones is 1. The second-order valence-corrected chi connectivity index (χ2v) is 7.61. The Morgan fingerprint density at radius 2 is 1.70 bits per heavy atom. The number of nitrogens with one attached hydrogen (secondary N) is 1. The fourth-order valence-electron chi connectivity index (χ4n) is 4.39. The van der Waals surface area contributed by atoms with Crippen molar-refractivity contribution in [3.63, 3.8) is 0 Å². The van der Waals surface area contributed by atoms with Crippen LogP contribution < -0.4 is 5.32 Å². The van der Waals surface area contributed by atoms with Crippen LogP contribution in [0.15, 0.2) is 42.5 Å². The Hall–Kier alpha value is -2.69. The molecule has 2 aromatic carbocycles. The van der Waals surface area contributed by atoms with Gasteiger partial charge >= 0.3 is 5.97 Å². The maximum Gasteiger partial charge on any atom is 0.309 e. The summed E-state index contributed by atoms with van der Waals surface area (Å²) in [4.78, 5) is 36.6.